The molecule has 1 saturated heterocycles. The van der Waals surface area contributed by atoms with Crippen molar-refractivity contribution in [2.45, 2.75) is 31.7 Å². The highest BCUT2D eigenvalue weighted by atomic mass is 35.5. The number of aromatic nitrogens is 1. The van der Waals surface area contributed by atoms with E-state index in [9.17, 15) is 18.0 Å². The number of fused-ring (bicyclic) bond motifs is 1. The Balaban J connectivity index is 1.59. The number of nitrogens with zero attached hydrogens (tertiary/aromatic N) is 3. The number of hydrogen-bond acceptors (Lipinski definition) is 5. The average molecular weight is 469 g/mol. The summed E-state index contributed by atoms with van der Waals surface area (Å²) in [4.78, 5) is 21.0. The zero-order valence-electron chi connectivity index (χ0n) is 17.6. The van der Waals surface area contributed by atoms with Crippen LogP contribution < -0.4 is 10.2 Å². The van der Waals surface area contributed by atoms with E-state index >= 15 is 0 Å². The predicted octanol–water partition coefficient (Wildman–Crippen LogP) is 4.44. The molecule has 1 aromatic carbocycles. The molecular formula is C22H24ClF3N4O2. The second-order valence-corrected chi connectivity index (χ2v) is 8.38. The summed E-state index contributed by atoms with van der Waals surface area (Å²) in [5.74, 6) is 0.272. The molecule has 3 heterocycles. The second-order valence-electron chi connectivity index (χ2n) is 7.94. The molecule has 172 valence electrons. The van der Waals surface area contributed by atoms with Crippen molar-refractivity contribution in [3.63, 3.8) is 0 Å². The fourth-order valence-corrected chi connectivity index (χ4v) is 4.36. The molecule has 4 rings (SSSR count). The summed E-state index contributed by atoms with van der Waals surface area (Å²) in [5.41, 5.74) is 0.296. The molecule has 1 N–H and O–H groups in total. The van der Waals surface area contributed by atoms with Gasteiger partial charge in [0.15, 0.2) is 5.82 Å². The number of piperidine rings is 1. The van der Waals surface area contributed by atoms with Crippen LogP contribution >= 0.6 is 11.6 Å². The van der Waals surface area contributed by atoms with Crippen LogP contribution in [0, 0.1) is 0 Å². The van der Waals surface area contributed by atoms with Crippen LogP contribution in [0.5, 0.6) is 0 Å². The van der Waals surface area contributed by atoms with Crippen molar-refractivity contribution >= 4 is 29.0 Å². The number of nitrogens with one attached hydrogen (secondary N) is 1. The topological polar surface area (TPSA) is 57.7 Å². The number of benzene rings is 1. The number of amides is 1. The Hall–Kier alpha value is -2.52. The number of alkyl halides is 3. The van der Waals surface area contributed by atoms with Crippen LogP contribution in [0.3, 0.4) is 0 Å². The smallest absolute Gasteiger partial charge is 0.381 e. The van der Waals surface area contributed by atoms with E-state index < -0.39 is 11.7 Å². The van der Waals surface area contributed by atoms with Crippen LogP contribution in [0.15, 0.2) is 30.3 Å². The van der Waals surface area contributed by atoms with Gasteiger partial charge in [0.05, 0.1) is 17.4 Å². The van der Waals surface area contributed by atoms with Gasteiger partial charge in [0.1, 0.15) is 5.69 Å². The van der Waals surface area contributed by atoms with Gasteiger partial charge in [0, 0.05) is 44.9 Å². The van der Waals surface area contributed by atoms with E-state index in [2.05, 4.69) is 10.3 Å². The number of carbonyl (C=O) groups excluding carboxylic acids is 1. The molecule has 10 heteroatoms. The van der Waals surface area contributed by atoms with E-state index in [-0.39, 0.29) is 34.8 Å². The van der Waals surface area contributed by atoms with Crippen molar-refractivity contribution in [2.75, 3.05) is 43.5 Å². The van der Waals surface area contributed by atoms with E-state index in [0.717, 1.165) is 18.9 Å². The number of halogens is 4. The van der Waals surface area contributed by atoms with Gasteiger partial charge in [-0.1, -0.05) is 11.6 Å². The van der Waals surface area contributed by atoms with Crippen LogP contribution in [-0.2, 0) is 17.5 Å². The predicted molar refractivity (Wildman–Crippen MR) is 116 cm³/mol. The number of ether oxygens (including phenoxy) is 1. The van der Waals surface area contributed by atoms with E-state index in [1.807, 2.05) is 0 Å². The zero-order valence-corrected chi connectivity index (χ0v) is 18.3. The molecule has 1 aromatic heterocycles. The number of anilines is 2. The summed E-state index contributed by atoms with van der Waals surface area (Å²) in [6.07, 6.45) is -2.82. The summed E-state index contributed by atoms with van der Waals surface area (Å²) in [6.45, 7) is 2.13. The van der Waals surface area contributed by atoms with Crippen LogP contribution in [0.1, 0.15) is 34.5 Å². The molecule has 0 radical (unpaired) electrons. The molecule has 32 heavy (non-hydrogen) atoms. The first-order chi connectivity index (χ1) is 15.3. The van der Waals surface area contributed by atoms with Crippen LogP contribution in [0.25, 0.3) is 0 Å². The number of hydrogen-bond donors (Lipinski definition) is 1. The number of likely N-dealkylation sites (tertiary alicyclic amines) is 1. The van der Waals surface area contributed by atoms with Gasteiger partial charge in [-0.25, -0.2) is 4.98 Å². The zero-order chi connectivity index (χ0) is 22.9. The van der Waals surface area contributed by atoms with Gasteiger partial charge in [-0.2, -0.15) is 13.2 Å². The Morgan fingerprint density at radius 2 is 1.97 bits per heavy atom. The molecule has 2 aromatic rings. The first kappa shape index (κ1) is 22.7. The fourth-order valence-electron chi connectivity index (χ4n) is 4.16. The number of rotatable bonds is 4. The highest BCUT2D eigenvalue weighted by molar-refractivity contribution is 6.30. The van der Waals surface area contributed by atoms with E-state index in [4.69, 9.17) is 16.3 Å². The lowest BCUT2D eigenvalue weighted by atomic mass is 10.1. The first-order valence-electron chi connectivity index (χ1n) is 10.4. The van der Waals surface area contributed by atoms with E-state index in [1.54, 1.807) is 29.0 Å². The van der Waals surface area contributed by atoms with Crippen molar-refractivity contribution in [2.24, 2.45) is 0 Å². The SMILES string of the molecule is COC1CCN(C(=O)c2ccc3c(n2)N(Cc2cc(Cl)ccc2C(F)(F)F)CCN3)CC1. The number of pyridine rings is 1. The quantitative estimate of drug-likeness (QED) is 0.719. The van der Waals surface area contributed by atoms with Crippen molar-refractivity contribution < 1.29 is 22.7 Å². The maximum Gasteiger partial charge on any atom is 0.416 e. The van der Waals surface area contributed by atoms with Crippen molar-refractivity contribution in [1.82, 2.24) is 9.88 Å². The van der Waals surface area contributed by atoms with Gasteiger partial charge >= 0.3 is 6.18 Å². The largest absolute Gasteiger partial charge is 0.416 e. The second kappa shape index (κ2) is 9.15. The molecular weight excluding hydrogens is 445 g/mol. The highest BCUT2D eigenvalue weighted by Crippen LogP contribution is 2.36. The Labute approximate surface area is 189 Å². The Morgan fingerprint density at radius 3 is 2.66 bits per heavy atom. The lowest BCUT2D eigenvalue weighted by molar-refractivity contribution is -0.138. The van der Waals surface area contributed by atoms with Crippen molar-refractivity contribution in [3.05, 3.63) is 52.2 Å². The monoisotopic (exact) mass is 468 g/mol. The lowest BCUT2D eigenvalue weighted by Crippen LogP contribution is -2.41. The summed E-state index contributed by atoms with van der Waals surface area (Å²) in [6, 6.07) is 6.98. The minimum atomic E-state index is -4.49. The van der Waals surface area contributed by atoms with E-state index in [1.165, 1.54) is 12.1 Å². The van der Waals surface area contributed by atoms with E-state index in [0.29, 0.717) is 37.7 Å². The van der Waals surface area contributed by atoms with Crippen molar-refractivity contribution in [1.29, 1.82) is 0 Å². The maximum absolute atomic E-state index is 13.5. The number of methoxy groups -OCH3 is 1. The Morgan fingerprint density at radius 1 is 1.22 bits per heavy atom. The van der Waals surface area contributed by atoms with Crippen LogP contribution in [0.2, 0.25) is 5.02 Å². The summed E-state index contributed by atoms with van der Waals surface area (Å²) in [5, 5.41) is 3.44. The average Bonchev–Trinajstić information content (AvgIpc) is 2.78. The molecule has 0 aliphatic carbocycles. The third kappa shape index (κ3) is 4.78. The molecule has 6 nitrogen and oxygen atoms in total. The molecule has 0 unspecified atom stereocenters. The van der Waals surface area contributed by atoms with Gasteiger partial charge < -0.3 is 19.9 Å². The lowest BCUT2D eigenvalue weighted by Gasteiger charge is -2.33. The van der Waals surface area contributed by atoms with Crippen molar-refractivity contribution in [3.8, 4) is 0 Å². The molecule has 0 saturated carbocycles. The van der Waals surface area contributed by atoms with Gasteiger partial charge in [0.25, 0.3) is 5.91 Å². The molecule has 0 atom stereocenters. The molecule has 2 aliphatic rings. The normalized spacial score (nSPS) is 17.2. The summed E-state index contributed by atoms with van der Waals surface area (Å²) >= 11 is 5.99. The van der Waals surface area contributed by atoms with Gasteiger partial charge in [0.2, 0.25) is 0 Å². The fraction of sp³-hybridized carbons (Fsp3) is 0.455. The van der Waals surface area contributed by atoms with Gasteiger partial charge in [-0.15, -0.1) is 0 Å². The maximum atomic E-state index is 13.5. The Bertz CT molecular complexity index is 994. The minimum absolute atomic E-state index is 0.0199. The summed E-state index contributed by atoms with van der Waals surface area (Å²) in [7, 11) is 1.67. The minimum Gasteiger partial charge on any atom is -0.381 e. The Kier molecular flexibility index (Phi) is 6.48. The first-order valence-corrected chi connectivity index (χ1v) is 10.8. The van der Waals surface area contributed by atoms with Gasteiger partial charge in [-0.3, -0.25) is 4.79 Å². The van der Waals surface area contributed by atoms with Gasteiger partial charge in [-0.05, 0) is 48.7 Å². The highest BCUT2D eigenvalue weighted by Gasteiger charge is 2.34. The molecule has 1 amide bonds. The molecule has 0 bridgehead atoms. The molecule has 0 spiro atoms. The number of carbonyl (C=O) groups is 1. The third-order valence-corrected chi connectivity index (χ3v) is 6.12. The third-order valence-electron chi connectivity index (χ3n) is 5.89. The summed E-state index contributed by atoms with van der Waals surface area (Å²) < 4.78 is 45.9. The van der Waals surface area contributed by atoms with Crippen LogP contribution in [0.4, 0.5) is 24.7 Å². The molecule has 2 aliphatic heterocycles. The standard InChI is InChI=1S/C22H24ClF3N4O2/c1-32-16-6-9-29(10-7-16)21(31)19-5-4-18-20(28-19)30(11-8-27-18)13-14-12-15(23)2-3-17(14)22(24,25)26/h2-5,12,16,27H,6-11,13H2,1H3. The van der Waals surface area contributed by atoms with Crippen LogP contribution in [-0.4, -0.2) is 55.2 Å². The molecule has 1 fully saturated rings.